The molecule has 0 spiro atoms. The van der Waals surface area contributed by atoms with E-state index >= 15 is 0 Å². The molecule has 1 aromatic heterocycles. The third-order valence-corrected chi connectivity index (χ3v) is 4.92. The molecular weight excluding hydrogens is 383 g/mol. The molecule has 0 saturated carbocycles. The normalized spacial score (nSPS) is 10.6. The molecule has 0 saturated heterocycles. The lowest BCUT2D eigenvalue weighted by Crippen LogP contribution is -2.26. The van der Waals surface area contributed by atoms with E-state index in [1.54, 1.807) is 12.1 Å². The monoisotopic (exact) mass is 400 g/mol. The standard InChI is InChI=1S/C17H18Cl2N2O3S/c18-11-5-6-13(14(19)8-11)17-21-12(10-25-17)9-15(22)20-7-3-1-2-4-16(23)24/h5-6,8,10H,1-4,7,9H2,(H,20,22)(H,23,24). The molecular formula is C17H18Cl2N2O3S. The third kappa shape index (κ3) is 6.65. The van der Waals surface area contributed by atoms with Gasteiger partial charge in [-0.2, -0.15) is 0 Å². The number of carbonyl (C=O) groups excluding carboxylic acids is 1. The molecule has 1 heterocycles. The van der Waals surface area contributed by atoms with Crippen LogP contribution in [0.25, 0.3) is 10.6 Å². The van der Waals surface area contributed by atoms with Crippen LogP contribution >= 0.6 is 34.5 Å². The molecule has 0 radical (unpaired) electrons. The zero-order valence-electron chi connectivity index (χ0n) is 13.4. The number of carboxylic acid groups (broad SMARTS) is 1. The molecule has 8 heteroatoms. The Labute approximate surface area is 160 Å². The van der Waals surface area contributed by atoms with Gasteiger partial charge in [0.05, 0.1) is 17.1 Å². The van der Waals surface area contributed by atoms with E-state index in [1.165, 1.54) is 11.3 Å². The number of aromatic nitrogens is 1. The van der Waals surface area contributed by atoms with Gasteiger partial charge in [0.25, 0.3) is 0 Å². The highest BCUT2D eigenvalue weighted by atomic mass is 35.5. The van der Waals surface area contributed by atoms with Crippen LogP contribution in [0.4, 0.5) is 0 Å². The Morgan fingerprint density at radius 3 is 2.72 bits per heavy atom. The fourth-order valence-corrected chi connectivity index (χ4v) is 3.62. The highest BCUT2D eigenvalue weighted by molar-refractivity contribution is 7.13. The number of hydrogen-bond donors (Lipinski definition) is 2. The number of nitrogens with one attached hydrogen (secondary N) is 1. The molecule has 1 amide bonds. The van der Waals surface area contributed by atoms with Gasteiger partial charge < -0.3 is 10.4 Å². The van der Waals surface area contributed by atoms with Gasteiger partial charge in [-0.05, 0) is 31.0 Å². The Kier molecular flexibility index (Phi) is 7.68. The number of benzene rings is 1. The smallest absolute Gasteiger partial charge is 0.303 e. The summed E-state index contributed by atoms with van der Waals surface area (Å²) >= 11 is 13.5. The summed E-state index contributed by atoms with van der Waals surface area (Å²) in [6.45, 7) is 0.540. The lowest BCUT2D eigenvalue weighted by Gasteiger charge is -2.03. The average molecular weight is 401 g/mol. The Balaban J connectivity index is 1.78. The molecule has 0 aliphatic heterocycles. The van der Waals surface area contributed by atoms with Gasteiger partial charge in [-0.25, -0.2) is 4.98 Å². The number of thiazole rings is 1. The Hall–Kier alpha value is -1.63. The summed E-state index contributed by atoms with van der Waals surface area (Å²) in [4.78, 5) is 26.8. The van der Waals surface area contributed by atoms with Crippen LogP contribution < -0.4 is 5.32 Å². The summed E-state index contributed by atoms with van der Waals surface area (Å²) in [6, 6.07) is 5.22. The molecule has 0 aliphatic rings. The summed E-state index contributed by atoms with van der Waals surface area (Å²) in [5, 5.41) is 15.0. The third-order valence-electron chi connectivity index (χ3n) is 3.44. The largest absolute Gasteiger partial charge is 0.481 e. The topological polar surface area (TPSA) is 79.3 Å². The van der Waals surface area contributed by atoms with Crippen molar-refractivity contribution in [1.82, 2.24) is 10.3 Å². The van der Waals surface area contributed by atoms with Gasteiger partial charge in [0.1, 0.15) is 5.01 Å². The number of halogens is 2. The van der Waals surface area contributed by atoms with Gasteiger partial charge in [-0.3, -0.25) is 9.59 Å². The Morgan fingerprint density at radius 2 is 2.00 bits per heavy atom. The Morgan fingerprint density at radius 1 is 1.20 bits per heavy atom. The first-order valence-electron chi connectivity index (χ1n) is 7.84. The first-order valence-corrected chi connectivity index (χ1v) is 9.47. The molecule has 25 heavy (non-hydrogen) atoms. The quantitative estimate of drug-likeness (QED) is 0.610. The molecule has 2 aromatic rings. The van der Waals surface area contributed by atoms with Gasteiger partial charge in [0.2, 0.25) is 5.91 Å². The zero-order chi connectivity index (χ0) is 18.2. The minimum Gasteiger partial charge on any atom is -0.481 e. The molecule has 2 N–H and O–H groups in total. The van der Waals surface area contributed by atoms with Crippen molar-refractivity contribution in [1.29, 1.82) is 0 Å². The fraction of sp³-hybridized carbons (Fsp3) is 0.353. The van der Waals surface area contributed by atoms with Crippen LogP contribution in [0.5, 0.6) is 0 Å². The maximum absolute atomic E-state index is 11.9. The van der Waals surface area contributed by atoms with Gasteiger partial charge in [0.15, 0.2) is 0 Å². The van der Waals surface area contributed by atoms with Gasteiger partial charge >= 0.3 is 5.97 Å². The lowest BCUT2D eigenvalue weighted by atomic mass is 10.2. The van der Waals surface area contributed by atoms with E-state index < -0.39 is 5.97 Å². The number of aliphatic carboxylic acids is 1. The van der Waals surface area contributed by atoms with E-state index in [0.29, 0.717) is 28.7 Å². The molecule has 5 nitrogen and oxygen atoms in total. The van der Waals surface area contributed by atoms with Crippen LogP contribution in [0.1, 0.15) is 31.4 Å². The molecule has 134 valence electrons. The van der Waals surface area contributed by atoms with Crippen molar-refractivity contribution in [3.8, 4) is 10.6 Å². The number of unbranched alkanes of at least 4 members (excludes halogenated alkanes) is 2. The summed E-state index contributed by atoms with van der Waals surface area (Å²) in [5.41, 5.74) is 1.48. The van der Waals surface area contributed by atoms with Crippen LogP contribution in [0.3, 0.4) is 0 Å². The number of rotatable bonds is 9. The van der Waals surface area contributed by atoms with E-state index in [4.69, 9.17) is 28.3 Å². The second-order valence-electron chi connectivity index (χ2n) is 5.50. The van der Waals surface area contributed by atoms with E-state index in [2.05, 4.69) is 10.3 Å². The maximum atomic E-state index is 11.9. The van der Waals surface area contributed by atoms with Crippen LogP contribution in [0.15, 0.2) is 23.6 Å². The average Bonchev–Trinajstić information content (AvgIpc) is 2.98. The summed E-state index contributed by atoms with van der Waals surface area (Å²) < 4.78 is 0. The molecule has 0 atom stereocenters. The van der Waals surface area contributed by atoms with Gasteiger partial charge in [-0.1, -0.05) is 29.6 Å². The van der Waals surface area contributed by atoms with E-state index in [9.17, 15) is 9.59 Å². The number of carbonyl (C=O) groups is 2. The van der Waals surface area contributed by atoms with E-state index in [0.717, 1.165) is 23.4 Å². The second-order valence-corrected chi connectivity index (χ2v) is 7.20. The number of carboxylic acids is 1. The maximum Gasteiger partial charge on any atom is 0.303 e. The van der Waals surface area contributed by atoms with Gasteiger partial charge in [0, 0.05) is 28.9 Å². The zero-order valence-corrected chi connectivity index (χ0v) is 15.8. The first-order chi connectivity index (χ1) is 12.0. The second kappa shape index (κ2) is 9.75. The highest BCUT2D eigenvalue weighted by Gasteiger charge is 2.11. The molecule has 0 fully saturated rings. The SMILES string of the molecule is O=C(O)CCCCCNC(=O)Cc1csc(-c2ccc(Cl)cc2Cl)n1. The molecule has 1 aromatic carbocycles. The van der Waals surface area contributed by atoms with Crippen molar-refractivity contribution in [2.45, 2.75) is 32.1 Å². The van der Waals surface area contributed by atoms with Crippen molar-refractivity contribution >= 4 is 46.4 Å². The first kappa shape index (κ1) is 19.7. The van der Waals surface area contributed by atoms with E-state index in [1.807, 2.05) is 11.4 Å². The number of amides is 1. The number of nitrogens with zero attached hydrogens (tertiary/aromatic N) is 1. The predicted molar refractivity (Wildman–Crippen MR) is 100 cm³/mol. The fourth-order valence-electron chi connectivity index (χ4n) is 2.21. The predicted octanol–water partition coefficient (Wildman–Crippen LogP) is 4.42. The minimum atomic E-state index is -0.788. The van der Waals surface area contributed by atoms with Crippen LogP contribution in [-0.4, -0.2) is 28.5 Å². The van der Waals surface area contributed by atoms with Crippen LogP contribution in [-0.2, 0) is 16.0 Å². The van der Waals surface area contributed by atoms with Crippen LogP contribution in [0, 0.1) is 0 Å². The van der Waals surface area contributed by atoms with E-state index in [-0.39, 0.29) is 18.7 Å². The molecule has 0 aliphatic carbocycles. The van der Waals surface area contributed by atoms with Crippen molar-refractivity contribution in [3.05, 3.63) is 39.3 Å². The lowest BCUT2D eigenvalue weighted by molar-refractivity contribution is -0.137. The van der Waals surface area contributed by atoms with Crippen LogP contribution in [0.2, 0.25) is 10.0 Å². The van der Waals surface area contributed by atoms with Gasteiger partial charge in [-0.15, -0.1) is 11.3 Å². The summed E-state index contributed by atoms with van der Waals surface area (Å²) in [7, 11) is 0. The van der Waals surface area contributed by atoms with Crippen molar-refractivity contribution in [2.75, 3.05) is 6.54 Å². The molecule has 0 bridgehead atoms. The van der Waals surface area contributed by atoms with Crippen molar-refractivity contribution < 1.29 is 14.7 Å². The van der Waals surface area contributed by atoms with Crippen molar-refractivity contribution in [2.24, 2.45) is 0 Å². The number of hydrogen-bond acceptors (Lipinski definition) is 4. The van der Waals surface area contributed by atoms with Crippen molar-refractivity contribution in [3.63, 3.8) is 0 Å². The summed E-state index contributed by atoms with van der Waals surface area (Å²) in [5.74, 6) is -0.888. The summed E-state index contributed by atoms with van der Waals surface area (Å²) in [6.07, 6.45) is 2.55. The minimum absolute atomic E-state index is 0.0997. The molecule has 2 rings (SSSR count). The molecule has 0 unspecified atom stereocenters. The Bertz CT molecular complexity index is 749. The highest BCUT2D eigenvalue weighted by Crippen LogP contribution is 2.32.